The van der Waals surface area contributed by atoms with E-state index in [2.05, 4.69) is 65.9 Å². The van der Waals surface area contributed by atoms with E-state index in [1.807, 2.05) is 11.9 Å². The molecule has 2 aromatic carbocycles. The van der Waals surface area contributed by atoms with Crippen LogP contribution >= 0.6 is 11.3 Å². The summed E-state index contributed by atoms with van der Waals surface area (Å²) in [5.41, 5.74) is 6.10. The van der Waals surface area contributed by atoms with Crippen LogP contribution in [0, 0.1) is 0 Å². The molecule has 1 heterocycles. The van der Waals surface area contributed by atoms with E-state index in [9.17, 15) is 4.79 Å². The van der Waals surface area contributed by atoms with Crippen LogP contribution in [-0.4, -0.2) is 41.6 Å². The van der Waals surface area contributed by atoms with E-state index in [-0.39, 0.29) is 6.42 Å². The first kappa shape index (κ1) is 24.4. The highest BCUT2D eigenvalue weighted by molar-refractivity contribution is 7.09. The molecule has 0 saturated heterocycles. The Morgan fingerprint density at radius 2 is 1.71 bits per heavy atom. The molecule has 1 saturated carbocycles. The molecule has 0 atom stereocenters. The summed E-state index contributed by atoms with van der Waals surface area (Å²) < 4.78 is 0. The fraction of sp³-hybridized carbons (Fsp3) is 0.429. The number of carboxylic acid groups (broad SMARTS) is 1. The van der Waals surface area contributed by atoms with E-state index in [4.69, 9.17) is 10.1 Å². The second-order valence-corrected chi connectivity index (χ2v) is 10.4. The molecule has 4 rings (SSSR count). The number of thiazole rings is 1. The van der Waals surface area contributed by atoms with Gasteiger partial charge in [0.05, 0.1) is 18.7 Å². The molecule has 0 unspecified atom stereocenters. The van der Waals surface area contributed by atoms with Gasteiger partial charge >= 0.3 is 5.97 Å². The summed E-state index contributed by atoms with van der Waals surface area (Å²) in [5, 5.41) is 11.9. The minimum Gasteiger partial charge on any atom is -0.481 e. The summed E-state index contributed by atoms with van der Waals surface area (Å²) in [5.74, 6) is -0.0161. The van der Waals surface area contributed by atoms with Gasteiger partial charge < -0.3 is 10.0 Å². The van der Waals surface area contributed by atoms with E-state index >= 15 is 0 Å². The average Bonchev–Trinajstić information content (AvgIpc) is 3.32. The molecular weight excluding hydrogens is 442 g/mol. The Labute approximate surface area is 207 Å². The van der Waals surface area contributed by atoms with Crippen molar-refractivity contribution in [1.82, 2.24) is 9.88 Å². The number of benzene rings is 2. The van der Waals surface area contributed by atoms with Crippen molar-refractivity contribution in [1.29, 1.82) is 0 Å². The van der Waals surface area contributed by atoms with Gasteiger partial charge in [0.2, 0.25) is 0 Å². The van der Waals surface area contributed by atoms with E-state index in [0.717, 1.165) is 28.7 Å². The van der Waals surface area contributed by atoms with Gasteiger partial charge in [-0.25, -0.2) is 4.98 Å². The van der Waals surface area contributed by atoms with Gasteiger partial charge in [-0.3, -0.25) is 9.69 Å². The Hall–Kier alpha value is -2.70. The molecule has 34 heavy (non-hydrogen) atoms. The fourth-order valence-corrected chi connectivity index (χ4v) is 5.58. The third-order valence-corrected chi connectivity index (χ3v) is 7.58. The van der Waals surface area contributed by atoms with Crippen molar-refractivity contribution < 1.29 is 9.90 Å². The first-order chi connectivity index (χ1) is 16.5. The Kier molecular flexibility index (Phi) is 8.35. The molecule has 0 radical (unpaired) electrons. The summed E-state index contributed by atoms with van der Waals surface area (Å²) in [6, 6.07) is 17.8. The number of hydrogen-bond donors (Lipinski definition) is 1. The molecule has 0 bridgehead atoms. The predicted octanol–water partition coefficient (Wildman–Crippen LogP) is 6.40. The fourth-order valence-electron chi connectivity index (χ4n) is 4.70. The highest BCUT2D eigenvalue weighted by atomic mass is 32.1. The normalized spacial score (nSPS) is 14.4. The van der Waals surface area contributed by atoms with Crippen molar-refractivity contribution in [3.8, 4) is 11.3 Å². The lowest BCUT2D eigenvalue weighted by Crippen LogP contribution is -2.21. The zero-order valence-electron chi connectivity index (χ0n) is 20.2. The van der Waals surface area contributed by atoms with Gasteiger partial charge in [0, 0.05) is 36.8 Å². The van der Waals surface area contributed by atoms with Gasteiger partial charge in [0.25, 0.3) is 0 Å². The van der Waals surface area contributed by atoms with Crippen LogP contribution in [0.1, 0.15) is 60.6 Å². The van der Waals surface area contributed by atoms with Gasteiger partial charge in [-0.1, -0.05) is 55.7 Å². The summed E-state index contributed by atoms with van der Waals surface area (Å²) in [6.07, 6.45) is 6.97. The lowest BCUT2D eigenvalue weighted by Gasteiger charge is -2.23. The van der Waals surface area contributed by atoms with Crippen LogP contribution in [0.3, 0.4) is 0 Å². The van der Waals surface area contributed by atoms with Crippen LogP contribution in [0.2, 0.25) is 0 Å². The maximum atomic E-state index is 10.8. The van der Waals surface area contributed by atoms with Crippen LogP contribution in [0.25, 0.3) is 11.3 Å². The summed E-state index contributed by atoms with van der Waals surface area (Å²) in [6.45, 7) is 2.07. The molecule has 1 aliphatic rings. The highest BCUT2D eigenvalue weighted by Crippen LogP contribution is 2.33. The van der Waals surface area contributed by atoms with Gasteiger partial charge in [-0.15, -0.1) is 11.3 Å². The second-order valence-electron chi connectivity index (χ2n) is 9.49. The topological polar surface area (TPSA) is 56.7 Å². The molecule has 1 aliphatic carbocycles. The van der Waals surface area contributed by atoms with Gasteiger partial charge in [0.15, 0.2) is 0 Å². The van der Waals surface area contributed by atoms with Crippen molar-refractivity contribution in [2.75, 3.05) is 25.5 Å². The highest BCUT2D eigenvalue weighted by Gasteiger charge is 2.15. The standard InChI is InChI=1S/C28H35N3O2S/c1-30(17-16-28(32)33)19-27-29-26(20-34-27)24-12-14-25(15-13-24)31(2)18-21-8-10-23(11-9-21)22-6-4-3-5-7-22/h8-15,20,22H,3-7,16-19H2,1-2H3,(H,32,33). The molecule has 1 fully saturated rings. The average molecular weight is 478 g/mol. The molecule has 1 N–H and O–H groups in total. The van der Waals surface area contributed by atoms with Gasteiger partial charge in [0.1, 0.15) is 5.01 Å². The number of aromatic nitrogens is 1. The van der Waals surface area contributed by atoms with Crippen LogP contribution in [-0.2, 0) is 17.9 Å². The lowest BCUT2D eigenvalue weighted by atomic mass is 9.84. The minimum absolute atomic E-state index is 0.147. The van der Waals surface area contributed by atoms with Crippen molar-refractivity contribution in [3.05, 3.63) is 70.0 Å². The van der Waals surface area contributed by atoms with Crippen LogP contribution in [0.4, 0.5) is 5.69 Å². The Bertz CT molecular complexity index is 1060. The van der Waals surface area contributed by atoms with Crippen LogP contribution in [0.5, 0.6) is 0 Å². The monoisotopic (exact) mass is 477 g/mol. The first-order valence-corrected chi connectivity index (χ1v) is 13.1. The molecular formula is C28H35N3O2S. The largest absolute Gasteiger partial charge is 0.481 e. The van der Waals surface area contributed by atoms with Gasteiger partial charge in [-0.2, -0.15) is 0 Å². The van der Waals surface area contributed by atoms with Crippen molar-refractivity contribution in [2.24, 2.45) is 0 Å². The minimum atomic E-state index is -0.770. The third kappa shape index (κ3) is 6.67. The zero-order valence-corrected chi connectivity index (χ0v) is 21.1. The Morgan fingerprint density at radius 3 is 2.38 bits per heavy atom. The quantitative estimate of drug-likeness (QED) is 0.366. The van der Waals surface area contributed by atoms with Gasteiger partial charge in [-0.05, 0) is 49.1 Å². The number of carboxylic acids is 1. The Morgan fingerprint density at radius 1 is 1.00 bits per heavy atom. The van der Waals surface area contributed by atoms with Crippen molar-refractivity contribution in [3.63, 3.8) is 0 Å². The van der Waals surface area contributed by atoms with E-state index in [1.165, 1.54) is 48.9 Å². The third-order valence-electron chi connectivity index (χ3n) is 6.74. The SMILES string of the molecule is CN(CCC(=O)O)Cc1nc(-c2ccc(N(C)Cc3ccc(C4CCCCC4)cc3)cc2)cs1. The number of carbonyl (C=O) groups is 1. The molecule has 0 aliphatic heterocycles. The Balaban J connectivity index is 1.32. The predicted molar refractivity (Wildman–Crippen MR) is 141 cm³/mol. The molecule has 3 aromatic rings. The second kappa shape index (κ2) is 11.6. The van der Waals surface area contributed by atoms with Crippen molar-refractivity contribution >= 4 is 23.0 Å². The summed E-state index contributed by atoms with van der Waals surface area (Å²) >= 11 is 1.62. The molecule has 0 spiro atoms. The maximum absolute atomic E-state index is 10.8. The number of rotatable bonds is 10. The smallest absolute Gasteiger partial charge is 0.304 e. The number of anilines is 1. The molecule has 5 nitrogen and oxygen atoms in total. The zero-order chi connectivity index (χ0) is 23.9. The maximum Gasteiger partial charge on any atom is 0.304 e. The molecule has 1 aromatic heterocycles. The van der Waals surface area contributed by atoms with Crippen LogP contribution < -0.4 is 4.90 Å². The molecule has 6 heteroatoms. The summed E-state index contributed by atoms with van der Waals surface area (Å²) in [4.78, 5) is 19.8. The number of nitrogens with zero attached hydrogens (tertiary/aromatic N) is 3. The molecule has 180 valence electrons. The number of hydrogen-bond acceptors (Lipinski definition) is 5. The van der Waals surface area contributed by atoms with E-state index < -0.39 is 5.97 Å². The molecule has 0 amide bonds. The number of aliphatic carboxylic acids is 1. The first-order valence-electron chi connectivity index (χ1n) is 12.2. The van der Waals surface area contributed by atoms with E-state index in [1.54, 1.807) is 11.3 Å². The van der Waals surface area contributed by atoms with Crippen LogP contribution in [0.15, 0.2) is 53.9 Å². The van der Waals surface area contributed by atoms with E-state index in [0.29, 0.717) is 13.1 Å². The van der Waals surface area contributed by atoms with Crippen molar-refractivity contribution in [2.45, 2.75) is 57.5 Å². The summed E-state index contributed by atoms with van der Waals surface area (Å²) in [7, 11) is 4.07. The lowest BCUT2D eigenvalue weighted by molar-refractivity contribution is -0.137.